The van der Waals surface area contributed by atoms with Gasteiger partial charge in [0.25, 0.3) is 0 Å². The second kappa shape index (κ2) is 10.8. The number of hydrogen-bond acceptors (Lipinski definition) is 5. The molecular formula is C20H34ClN7. The first kappa shape index (κ1) is 21.1. The Labute approximate surface area is 174 Å². The van der Waals surface area contributed by atoms with E-state index in [-0.39, 0.29) is 0 Å². The lowest BCUT2D eigenvalue weighted by Gasteiger charge is -2.32. The number of hydrogen-bond donors (Lipinski definition) is 2. The van der Waals surface area contributed by atoms with E-state index in [1.807, 2.05) is 19.2 Å². The molecule has 2 saturated heterocycles. The summed E-state index contributed by atoms with van der Waals surface area (Å²) < 4.78 is 0. The van der Waals surface area contributed by atoms with E-state index in [0.29, 0.717) is 11.1 Å². The highest BCUT2D eigenvalue weighted by atomic mass is 35.5. The average molecular weight is 408 g/mol. The van der Waals surface area contributed by atoms with Crippen molar-refractivity contribution in [1.82, 2.24) is 25.4 Å². The lowest BCUT2D eigenvalue weighted by atomic mass is 10.2. The lowest BCUT2D eigenvalue weighted by Crippen LogP contribution is -2.45. The molecular weight excluding hydrogens is 374 g/mol. The minimum absolute atomic E-state index is 0.356. The summed E-state index contributed by atoms with van der Waals surface area (Å²) in [4.78, 5) is 16.0. The van der Waals surface area contributed by atoms with Crippen LogP contribution < -0.4 is 15.5 Å². The van der Waals surface area contributed by atoms with Crippen LogP contribution in [0, 0.1) is 0 Å². The molecule has 0 amide bonds. The number of nitrogens with zero attached hydrogens (tertiary/aromatic N) is 5. The maximum absolute atomic E-state index is 6.28. The zero-order chi connectivity index (χ0) is 19.8. The van der Waals surface area contributed by atoms with Crippen molar-refractivity contribution >= 4 is 23.4 Å². The Morgan fingerprint density at radius 1 is 1.25 bits per heavy atom. The number of piperazine rings is 1. The molecule has 3 rings (SSSR count). The predicted molar refractivity (Wildman–Crippen MR) is 118 cm³/mol. The number of halogens is 1. The first-order chi connectivity index (χ1) is 13.7. The maximum Gasteiger partial charge on any atom is 0.191 e. The van der Waals surface area contributed by atoms with Crippen molar-refractivity contribution in [1.29, 1.82) is 0 Å². The molecule has 1 unspecified atom stereocenters. The van der Waals surface area contributed by atoms with Gasteiger partial charge in [-0.25, -0.2) is 4.98 Å². The Morgan fingerprint density at radius 3 is 2.82 bits per heavy atom. The third kappa shape index (κ3) is 6.22. The van der Waals surface area contributed by atoms with Gasteiger partial charge >= 0.3 is 0 Å². The number of anilines is 1. The third-order valence-electron chi connectivity index (χ3n) is 5.58. The quantitative estimate of drug-likeness (QED) is 0.406. The number of likely N-dealkylation sites (N-methyl/N-ethyl adjacent to an activating group) is 1. The van der Waals surface area contributed by atoms with Crippen molar-refractivity contribution < 1.29 is 0 Å². The smallest absolute Gasteiger partial charge is 0.191 e. The van der Waals surface area contributed by atoms with Crippen molar-refractivity contribution in [2.45, 2.75) is 25.3 Å². The molecule has 156 valence electrons. The van der Waals surface area contributed by atoms with E-state index < -0.39 is 0 Å². The number of unbranched alkanes of at least 4 members (excludes halogenated alkanes) is 1. The van der Waals surface area contributed by atoms with Crippen LogP contribution >= 0.6 is 11.6 Å². The topological polar surface area (TPSA) is 59.0 Å². The minimum atomic E-state index is 0.356. The average Bonchev–Trinajstić information content (AvgIpc) is 3.17. The number of guanidine groups is 1. The van der Waals surface area contributed by atoms with Crippen LogP contribution in [0.15, 0.2) is 23.3 Å². The minimum Gasteiger partial charge on any atom is -0.356 e. The van der Waals surface area contributed by atoms with E-state index in [1.165, 1.54) is 39.1 Å². The summed E-state index contributed by atoms with van der Waals surface area (Å²) in [6.07, 6.45) is 5.23. The van der Waals surface area contributed by atoms with Crippen LogP contribution in [-0.4, -0.2) is 93.2 Å². The van der Waals surface area contributed by atoms with E-state index in [2.05, 4.69) is 42.4 Å². The molecule has 2 aliphatic rings. The molecule has 1 atom stereocenters. The standard InChI is InChI=1S/C20H34ClN7/c1-22-20(24-8-3-4-10-27-14-12-26(2)13-15-27)25-17-7-11-28(16-17)19-18(21)6-5-9-23-19/h5-6,9,17H,3-4,7-8,10-16H2,1-2H3,(H2,22,24,25). The second-order valence-electron chi connectivity index (χ2n) is 7.74. The summed E-state index contributed by atoms with van der Waals surface area (Å²) in [5, 5.41) is 7.71. The van der Waals surface area contributed by atoms with Crippen molar-refractivity contribution in [3.05, 3.63) is 23.4 Å². The summed E-state index contributed by atoms with van der Waals surface area (Å²) in [5.41, 5.74) is 0. The fourth-order valence-corrected chi connectivity index (χ4v) is 4.05. The summed E-state index contributed by atoms with van der Waals surface area (Å²) >= 11 is 6.28. The van der Waals surface area contributed by atoms with Crippen LogP contribution in [0.2, 0.25) is 5.02 Å². The molecule has 2 fully saturated rings. The highest BCUT2D eigenvalue weighted by molar-refractivity contribution is 6.32. The maximum atomic E-state index is 6.28. The molecule has 8 heteroatoms. The molecule has 0 radical (unpaired) electrons. The molecule has 2 aliphatic heterocycles. The van der Waals surface area contributed by atoms with Gasteiger partial charge in [0.2, 0.25) is 0 Å². The van der Waals surface area contributed by atoms with Gasteiger partial charge in [-0.15, -0.1) is 0 Å². The highest BCUT2D eigenvalue weighted by Gasteiger charge is 2.25. The van der Waals surface area contributed by atoms with E-state index in [1.54, 1.807) is 6.20 Å². The Kier molecular flexibility index (Phi) is 8.18. The zero-order valence-electron chi connectivity index (χ0n) is 17.2. The number of pyridine rings is 1. The van der Waals surface area contributed by atoms with Crippen LogP contribution in [0.25, 0.3) is 0 Å². The first-order valence-electron chi connectivity index (χ1n) is 10.4. The van der Waals surface area contributed by atoms with Crippen LogP contribution in [0.4, 0.5) is 5.82 Å². The van der Waals surface area contributed by atoms with Crippen molar-refractivity contribution in [2.75, 3.05) is 71.4 Å². The summed E-state index contributed by atoms with van der Waals surface area (Å²) in [6, 6.07) is 4.12. The summed E-state index contributed by atoms with van der Waals surface area (Å²) in [6.45, 7) is 8.78. The van der Waals surface area contributed by atoms with Gasteiger partial charge in [-0.05, 0) is 45.0 Å². The molecule has 0 aromatic carbocycles. The van der Waals surface area contributed by atoms with Crippen LogP contribution in [0.5, 0.6) is 0 Å². The van der Waals surface area contributed by atoms with Gasteiger partial charge < -0.3 is 25.3 Å². The lowest BCUT2D eigenvalue weighted by molar-refractivity contribution is 0.152. The van der Waals surface area contributed by atoms with Gasteiger partial charge in [-0.1, -0.05) is 11.6 Å². The molecule has 0 spiro atoms. The Bertz CT molecular complexity index is 631. The first-order valence-corrected chi connectivity index (χ1v) is 10.8. The molecule has 1 aromatic heterocycles. The second-order valence-corrected chi connectivity index (χ2v) is 8.14. The largest absolute Gasteiger partial charge is 0.356 e. The summed E-state index contributed by atoms with van der Waals surface area (Å²) in [7, 11) is 4.04. The molecule has 1 aromatic rings. The zero-order valence-corrected chi connectivity index (χ0v) is 18.0. The fourth-order valence-electron chi connectivity index (χ4n) is 3.81. The predicted octanol–water partition coefficient (Wildman–Crippen LogP) is 1.51. The molecule has 0 saturated carbocycles. The number of rotatable bonds is 7. The van der Waals surface area contributed by atoms with Crippen molar-refractivity contribution in [2.24, 2.45) is 4.99 Å². The SMILES string of the molecule is CN=C(NCCCCN1CCN(C)CC1)NC1CCN(c2ncccc2Cl)C1. The van der Waals surface area contributed by atoms with E-state index in [9.17, 15) is 0 Å². The molecule has 2 N–H and O–H groups in total. The molecule has 3 heterocycles. The Morgan fingerprint density at radius 2 is 2.07 bits per heavy atom. The van der Waals surface area contributed by atoms with Gasteiger partial charge in [0.05, 0.1) is 5.02 Å². The number of aromatic nitrogens is 1. The molecule has 0 bridgehead atoms. The van der Waals surface area contributed by atoms with Crippen molar-refractivity contribution in [3.63, 3.8) is 0 Å². The number of aliphatic imine (C=N–C) groups is 1. The highest BCUT2D eigenvalue weighted by Crippen LogP contribution is 2.25. The Hall–Kier alpha value is -1.57. The Balaban J connectivity index is 1.32. The van der Waals surface area contributed by atoms with Crippen LogP contribution in [-0.2, 0) is 0 Å². The van der Waals surface area contributed by atoms with Gasteiger partial charge in [0.15, 0.2) is 5.96 Å². The molecule has 28 heavy (non-hydrogen) atoms. The molecule has 7 nitrogen and oxygen atoms in total. The fraction of sp³-hybridized carbons (Fsp3) is 0.700. The van der Waals surface area contributed by atoms with Crippen molar-refractivity contribution in [3.8, 4) is 0 Å². The van der Waals surface area contributed by atoms with E-state index >= 15 is 0 Å². The van der Waals surface area contributed by atoms with Crippen LogP contribution in [0.3, 0.4) is 0 Å². The number of nitrogens with one attached hydrogen (secondary N) is 2. The van der Waals surface area contributed by atoms with E-state index in [4.69, 9.17) is 11.6 Å². The van der Waals surface area contributed by atoms with Gasteiger partial charge in [0, 0.05) is 65.1 Å². The van der Waals surface area contributed by atoms with Gasteiger partial charge in [0.1, 0.15) is 5.82 Å². The van der Waals surface area contributed by atoms with Crippen LogP contribution in [0.1, 0.15) is 19.3 Å². The van der Waals surface area contributed by atoms with Gasteiger partial charge in [-0.3, -0.25) is 4.99 Å². The van der Waals surface area contributed by atoms with Gasteiger partial charge in [-0.2, -0.15) is 0 Å². The normalized spacial score (nSPS) is 21.9. The van der Waals surface area contributed by atoms with E-state index in [0.717, 1.165) is 44.3 Å². The molecule has 0 aliphatic carbocycles. The monoisotopic (exact) mass is 407 g/mol. The summed E-state index contributed by atoms with van der Waals surface area (Å²) in [5.74, 6) is 1.76. The third-order valence-corrected chi connectivity index (χ3v) is 5.88.